The van der Waals surface area contributed by atoms with Crippen LogP contribution in [0.3, 0.4) is 0 Å². The standard InChI is InChI=1S/C6H11F2NO4/c1-12-2-3-13-9-4-6(7,8)5(10)11/h9H,2-4H2,1H3,(H,10,11). The van der Waals surface area contributed by atoms with Gasteiger partial charge in [0.2, 0.25) is 0 Å². The Balaban J connectivity index is 3.46. The lowest BCUT2D eigenvalue weighted by Gasteiger charge is -2.11. The van der Waals surface area contributed by atoms with Gasteiger partial charge in [0.15, 0.2) is 0 Å². The van der Waals surface area contributed by atoms with Crippen LogP contribution in [0.5, 0.6) is 0 Å². The molecule has 0 bridgehead atoms. The molecule has 0 saturated carbocycles. The summed E-state index contributed by atoms with van der Waals surface area (Å²) in [5, 5.41) is 7.97. The van der Waals surface area contributed by atoms with Crippen LogP contribution in [0, 0.1) is 0 Å². The van der Waals surface area contributed by atoms with Crippen LogP contribution in [0.4, 0.5) is 8.78 Å². The van der Waals surface area contributed by atoms with Crippen molar-refractivity contribution in [1.82, 2.24) is 5.48 Å². The Bertz CT molecular complexity index is 165. The molecule has 5 nitrogen and oxygen atoms in total. The number of halogens is 2. The van der Waals surface area contributed by atoms with Gasteiger partial charge in [-0.3, -0.25) is 4.84 Å². The number of ether oxygens (including phenoxy) is 1. The number of methoxy groups -OCH3 is 1. The molecule has 13 heavy (non-hydrogen) atoms. The highest BCUT2D eigenvalue weighted by atomic mass is 19.3. The van der Waals surface area contributed by atoms with Crippen molar-refractivity contribution in [2.24, 2.45) is 0 Å². The Labute approximate surface area is 73.6 Å². The van der Waals surface area contributed by atoms with Crippen LogP contribution in [0.2, 0.25) is 0 Å². The van der Waals surface area contributed by atoms with Crippen molar-refractivity contribution in [3.05, 3.63) is 0 Å². The lowest BCUT2D eigenvalue weighted by molar-refractivity contribution is -0.168. The highest BCUT2D eigenvalue weighted by Crippen LogP contribution is 2.11. The number of carboxylic acids is 1. The van der Waals surface area contributed by atoms with Gasteiger partial charge in [-0.15, -0.1) is 0 Å². The van der Waals surface area contributed by atoms with E-state index in [1.54, 1.807) is 0 Å². The SMILES string of the molecule is COCCONCC(F)(F)C(=O)O. The smallest absolute Gasteiger partial charge is 0.376 e. The first-order valence-corrected chi connectivity index (χ1v) is 3.45. The van der Waals surface area contributed by atoms with Gasteiger partial charge in [0.25, 0.3) is 0 Å². The second-order valence-electron chi connectivity index (χ2n) is 2.17. The fraction of sp³-hybridized carbons (Fsp3) is 0.833. The number of rotatable bonds is 7. The van der Waals surface area contributed by atoms with Crippen molar-refractivity contribution in [3.63, 3.8) is 0 Å². The molecule has 0 aromatic carbocycles. The van der Waals surface area contributed by atoms with Gasteiger partial charge in [-0.2, -0.15) is 14.3 Å². The van der Waals surface area contributed by atoms with Crippen molar-refractivity contribution in [2.45, 2.75) is 5.92 Å². The summed E-state index contributed by atoms with van der Waals surface area (Å²) in [6.45, 7) is -0.746. The third kappa shape index (κ3) is 5.45. The topological polar surface area (TPSA) is 67.8 Å². The molecule has 0 aromatic rings. The molecule has 0 aliphatic heterocycles. The van der Waals surface area contributed by atoms with Crippen LogP contribution in [0.1, 0.15) is 0 Å². The highest BCUT2D eigenvalue weighted by Gasteiger charge is 2.38. The van der Waals surface area contributed by atoms with E-state index in [1.807, 2.05) is 5.48 Å². The fourth-order valence-electron chi connectivity index (χ4n) is 0.414. The molecule has 0 aromatic heterocycles. The predicted molar refractivity (Wildman–Crippen MR) is 38.4 cm³/mol. The van der Waals surface area contributed by atoms with E-state index in [-0.39, 0.29) is 13.2 Å². The molecule has 0 saturated heterocycles. The Morgan fingerprint density at radius 3 is 2.62 bits per heavy atom. The molecule has 0 fully saturated rings. The van der Waals surface area contributed by atoms with Gasteiger partial charge < -0.3 is 9.84 Å². The molecule has 0 amide bonds. The van der Waals surface area contributed by atoms with Crippen molar-refractivity contribution in [2.75, 3.05) is 26.9 Å². The summed E-state index contributed by atoms with van der Waals surface area (Å²) >= 11 is 0. The number of carbonyl (C=O) groups is 1. The molecule has 7 heteroatoms. The number of aliphatic carboxylic acids is 1. The minimum Gasteiger partial charge on any atom is -0.477 e. The zero-order valence-corrected chi connectivity index (χ0v) is 7.05. The van der Waals surface area contributed by atoms with Crippen molar-refractivity contribution >= 4 is 5.97 Å². The third-order valence-electron chi connectivity index (χ3n) is 1.10. The maximum absolute atomic E-state index is 12.3. The van der Waals surface area contributed by atoms with Gasteiger partial charge in [-0.1, -0.05) is 0 Å². The monoisotopic (exact) mass is 199 g/mol. The Kier molecular flexibility index (Phi) is 5.44. The van der Waals surface area contributed by atoms with E-state index in [1.165, 1.54) is 7.11 Å². The first-order valence-electron chi connectivity index (χ1n) is 3.45. The van der Waals surface area contributed by atoms with Crippen LogP contribution in [-0.2, 0) is 14.4 Å². The molecule has 0 rings (SSSR count). The van der Waals surface area contributed by atoms with E-state index in [0.717, 1.165) is 0 Å². The maximum atomic E-state index is 12.3. The largest absolute Gasteiger partial charge is 0.477 e. The maximum Gasteiger partial charge on any atom is 0.376 e. The van der Waals surface area contributed by atoms with E-state index in [4.69, 9.17) is 5.11 Å². The molecule has 0 spiro atoms. The van der Waals surface area contributed by atoms with Gasteiger partial charge >= 0.3 is 11.9 Å². The number of alkyl halides is 2. The number of hydroxylamine groups is 1. The summed E-state index contributed by atoms with van der Waals surface area (Å²) < 4.78 is 29.1. The molecule has 2 N–H and O–H groups in total. The number of nitrogens with one attached hydrogen (secondary N) is 1. The lowest BCUT2D eigenvalue weighted by atomic mass is 10.3. The molecular weight excluding hydrogens is 188 g/mol. The van der Waals surface area contributed by atoms with Crippen molar-refractivity contribution in [1.29, 1.82) is 0 Å². The van der Waals surface area contributed by atoms with Gasteiger partial charge in [0.05, 0.1) is 19.8 Å². The Morgan fingerprint density at radius 1 is 1.54 bits per heavy atom. The third-order valence-corrected chi connectivity index (χ3v) is 1.10. The molecule has 0 unspecified atom stereocenters. The summed E-state index contributed by atoms with van der Waals surface area (Å²) in [6, 6.07) is 0. The van der Waals surface area contributed by atoms with Crippen LogP contribution in [0.25, 0.3) is 0 Å². The summed E-state index contributed by atoms with van der Waals surface area (Å²) in [7, 11) is 1.43. The summed E-state index contributed by atoms with van der Waals surface area (Å²) in [6.07, 6.45) is 0. The van der Waals surface area contributed by atoms with Crippen molar-refractivity contribution < 1.29 is 28.3 Å². The average Bonchev–Trinajstić information content (AvgIpc) is 2.03. The van der Waals surface area contributed by atoms with Crippen molar-refractivity contribution in [3.8, 4) is 0 Å². The minimum atomic E-state index is -3.81. The van der Waals surface area contributed by atoms with E-state index in [2.05, 4.69) is 9.57 Å². The molecule has 78 valence electrons. The quantitative estimate of drug-likeness (QED) is 0.441. The Morgan fingerprint density at radius 2 is 2.15 bits per heavy atom. The number of hydrogen-bond acceptors (Lipinski definition) is 4. The first-order chi connectivity index (χ1) is 6.00. The van der Waals surface area contributed by atoms with Crippen LogP contribution in [-0.4, -0.2) is 43.9 Å². The van der Waals surface area contributed by atoms with Crippen LogP contribution >= 0.6 is 0 Å². The fourth-order valence-corrected chi connectivity index (χ4v) is 0.414. The van der Waals surface area contributed by atoms with Gasteiger partial charge in [0, 0.05) is 7.11 Å². The molecule has 0 radical (unpaired) electrons. The zero-order valence-electron chi connectivity index (χ0n) is 7.05. The molecular formula is C6H11F2NO4. The second-order valence-corrected chi connectivity index (χ2v) is 2.17. The number of carboxylic acid groups (broad SMARTS) is 1. The molecule has 0 aliphatic rings. The highest BCUT2D eigenvalue weighted by molar-refractivity contribution is 5.75. The summed E-state index contributed by atoms with van der Waals surface area (Å²) in [5.41, 5.74) is 1.83. The number of hydrogen-bond donors (Lipinski definition) is 2. The van der Waals surface area contributed by atoms with Gasteiger partial charge in [-0.25, -0.2) is 4.79 Å². The average molecular weight is 199 g/mol. The second kappa shape index (κ2) is 5.79. The van der Waals surface area contributed by atoms with E-state index in [9.17, 15) is 13.6 Å². The van der Waals surface area contributed by atoms with Crippen LogP contribution in [0.15, 0.2) is 0 Å². The molecule has 0 atom stereocenters. The zero-order chi connectivity index (χ0) is 10.3. The molecule has 0 heterocycles. The lowest BCUT2D eigenvalue weighted by Crippen LogP contribution is -2.40. The normalized spacial score (nSPS) is 11.6. The van der Waals surface area contributed by atoms with E-state index < -0.39 is 18.4 Å². The Hall–Kier alpha value is -0.790. The minimum absolute atomic E-state index is 0.0756. The van der Waals surface area contributed by atoms with Crippen LogP contribution < -0.4 is 5.48 Å². The molecule has 0 aliphatic carbocycles. The van der Waals surface area contributed by atoms with Gasteiger partial charge in [0.1, 0.15) is 0 Å². The predicted octanol–water partition coefficient (Wildman–Crippen LogP) is -0.126. The van der Waals surface area contributed by atoms with Gasteiger partial charge in [-0.05, 0) is 0 Å². The first kappa shape index (κ1) is 12.2. The summed E-state index contributed by atoms with van der Waals surface area (Å²) in [5.74, 6) is -6.00. The van der Waals surface area contributed by atoms with E-state index >= 15 is 0 Å². The summed E-state index contributed by atoms with van der Waals surface area (Å²) in [4.78, 5) is 14.3. The van der Waals surface area contributed by atoms with E-state index in [0.29, 0.717) is 0 Å².